The number of amides is 6. The van der Waals surface area contributed by atoms with Gasteiger partial charge in [-0.2, -0.15) is 50.5 Å². The van der Waals surface area contributed by atoms with Crippen LogP contribution in [0.4, 0.5) is 38.9 Å². The zero-order valence-corrected chi connectivity index (χ0v) is 68.4. The third kappa shape index (κ3) is 21.9. The smallest absolute Gasteiger partial charge is 0.380 e. The van der Waals surface area contributed by atoms with Crippen molar-refractivity contribution in [2.75, 3.05) is 46.1 Å². The molecular formula is C53H44N6Na6O25S6+6. The molecule has 96 heavy (non-hydrogen) atoms. The SMILES string of the molecule is COCc1ccc(C(=O)Nc2ccc(S(=O)(=O)O)c3cc(S(=O)(=O)O)cc(S(=O)(=O)O)c23)cc1NC(=O)c1cccc(NC(=O)Nc2cccc(C(=O)Nc3cc(C(=O)Nc4ccc(S(=O)(=O)O)c5cc(S(=O)(=O)O)cc(S(=O)(=O)O)c45)ccc3COC)c2)c1.[Na+].[Na+].[Na+].[Na+].[Na+].[Na+]. The second-order valence-electron chi connectivity index (χ2n) is 18.9. The molecule has 12 N–H and O–H groups in total. The zero-order chi connectivity index (χ0) is 66.2. The van der Waals surface area contributed by atoms with Crippen molar-refractivity contribution in [2.45, 2.75) is 42.6 Å². The number of methoxy groups -OCH3 is 2. The number of anilines is 6. The molecular weight excluding hydrogens is 1450 g/mol. The van der Waals surface area contributed by atoms with Crippen LogP contribution in [0, 0.1) is 0 Å². The van der Waals surface area contributed by atoms with Crippen molar-refractivity contribution < 1.29 is 289 Å². The van der Waals surface area contributed by atoms with E-state index in [2.05, 4.69) is 31.9 Å². The van der Waals surface area contributed by atoms with Gasteiger partial charge >= 0.3 is 183 Å². The first-order valence-electron chi connectivity index (χ1n) is 24.7. The van der Waals surface area contributed by atoms with E-state index in [9.17, 15) is 102 Å². The van der Waals surface area contributed by atoms with Crippen LogP contribution < -0.4 is 209 Å². The molecule has 472 valence electrons. The number of rotatable bonds is 20. The molecule has 0 saturated heterocycles. The van der Waals surface area contributed by atoms with Crippen molar-refractivity contribution in [1.82, 2.24) is 0 Å². The van der Waals surface area contributed by atoms with Crippen molar-refractivity contribution >= 4 is 146 Å². The summed E-state index contributed by atoms with van der Waals surface area (Å²) < 4.78 is 218. The minimum absolute atomic E-state index is 0. The molecule has 43 heteroatoms. The standard InChI is InChI=1S/C53H44N6O25S6.6Na/c1-83-25-31-11-9-29(51(62)56-39-13-15-43(87(71,72)73)37-21-35(85(65,66)67)23-45(47(37)39)89(77,78)79)19-41(31)58-49(60)27-5-3-7-33(17-27)54-53(64)55-34-8-4-6-28(18-34)50(61)59-42-20-30(10-12-32(42)26-84-2)52(63)57-40-14-16-44(88(74,75)76)38-22-36(86(68,69)70)24-46(48(38)40)90(80,81)82;;;;;;/h3-24H,25-26H2,1-2H3,(H,56,62)(H,57,63)(H,58,60)(H,59,61)(H2,54,55,64)(H,65,66,67)(H,68,69,70)(H,71,72,73)(H,74,75,76)(H,77,78,79)(H,80,81,82);;;;;;/q;6*+1. The molecule has 0 fully saturated rings. The predicted octanol–water partition coefficient (Wildman–Crippen LogP) is -11.6. The van der Waals surface area contributed by atoms with Crippen LogP contribution in [0.1, 0.15) is 52.6 Å². The number of fused-ring (bicyclic) bond motifs is 2. The van der Waals surface area contributed by atoms with Gasteiger partial charge in [0.15, 0.2) is 0 Å². The summed E-state index contributed by atoms with van der Waals surface area (Å²) in [7, 11) is -29.4. The molecule has 0 heterocycles. The first-order valence-corrected chi connectivity index (χ1v) is 33.3. The second kappa shape index (κ2) is 35.6. The van der Waals surface area contributed by atoms with Gasteiger partial charge in [0, 0.05) is 91.9 Å². The first kappa shape index (κ1) is 88.9. The molecule has 0 spiro atoms. The molecule has 0 bridgehead atoms. The van der Waals surface area contributed by atoms with Crippen LogP contribution in [0.2, 0.25) is 0 Å². The Bertz CT molecular complexity index is 4820. The minimum Gasteiger partial charge on any atom is -0.380 e. The van der Waals surface area contributed by atoms with Crippen molar-refractivity contribution in [3.8, 4) is 0 Å². The fourth-order valence-corrected chi connectivity index (χ4v) is 13.0. The predicted molar refractivity (Wildman–Crippen MR) is 318 cm³/mol. The van der Waals surface area contributed by atoms with Crippen molar-refractivity contribution in [3.05, 3.63) is 167 Å². The van der Waals surface area contributed by atoms with Gasteiger partial charge in [0.2, 0.25) is 0 Å². The number of carbonyl (C=O) groups excluding carboxylic acids is 5. The fourth-order valence-electron chi connectivity index (χ4n) is 8.93. The van der Waals surface area contributed by atoms with Gasteiger partial charge in [-0.1, -0.05) is 24.3 Å². The maximum atomic E-state index is 13.8. The van der Waals surface area contributed by atoms with E-state index in [0.29, 0.717) is 35.4 Å². The Labute approximate surface area is 680 Å². The molecule has 0 aromatic heterocycles. The Hall–Kier alpha value is -3.19. The molecule has 0 aliphatic heterocycles. The van der Waals surface area contributed by atoms with Crippen molar-refractivity contribution in [1.29, 1.82) is 0 Å². The normalized spacial score (nSPS) is 11.5. The summed E-state index contributed by atoms with van der Waals surface area (Å²) in [5, 5.41) is 11.7. The summed E-state index contributed by atoms with van der Waals surface area (Å²) in [4.78, 5) is 61.5. The first-order chi connectivity index (χ1) is 41.8. The Balaban J connectivity index is 0.00000523. The van der Waals surface area contributed by atoms with Crippen LogP contribution in [0.25, 0.3) is 21.5 Å². The van der Waals surface area contributed by atoms with E-state index in [4.69, 9.17) is 9.47 Å². The molecule has 8 aromatic rings. The average molecular weight is 1500 g/mol. The second-order valence-corrected chi connectivity index (χ2v) is 27.3. The topological polar surface area (TPSA) is 502 Å². The van der Waals surface area contributed by atoms with Gasteiger partial charge in [-0.15, -0.1) is 0 Å². The van der Waals surface area contributed by atoms with Gasteiger partial charge in [0.05, 0.1) is 34.4 Å². The van der Waals surface area contributed by atoms with Gasteiger partial charge < -0.3 is 41.4 Å². The molecule has 0 saturated carbocycles. The summed E-state index contributed by atoms with van der Waals surface area (Å²) in [6, 6.07) is 22.1. The van der Waals surface area contributed by atoms with Crippen LogP contribution in [-0.4, -0.2) is 122 Å². The molecule has 31 nitrogen and oxygen atoms in total. The quantitative estimate of drug-likeness (QED) is 0.0249. The number of ether oxygens (including phenoxy) is 2. The van der Waals surface area contributed by atoms with Gasteiger partial charge in [-0.05, 0) is 109 Å². The molecule has 8 aromatic carbocycles. The monoisotopic (exact) mass is 1490 g/mol. The summed E-state index contributed by atoms with van der Waals surface area (Å²) in [5.74, 6) is -3.71. The van der Waals surface area contributed by atoms with Crippen LogP contribution in [0.3, 0.4) is 0 Å². The van der Waals surface area contributed by atoms with Gasteiger partial charge in [-0.25, -0.2) is 4.79 Å². The molecule has 0 radical (unpaired) electrons. The number of carbonyl (C=O) groups is 5. The van der Waals surface area contributed by atoms with E-state index >= 15 is 0 Å². The Kier molecular flexibility index (Phi) is 33.0. The van der Waals surface area contributed by atoms with Crippen LogP contribution in [-0.2, 0) is 83.4 Å². The van der Waals surface area contributed by atoms with E-state index in [1.807, 2.05) is 0 Å². The average Bonchev–Trinajstić information content (AvgIpc) is 0.747. The van der Waals surface area contributed by atoms with Gasteiger partial charge in [0.1, 0.15) is 19.6 Å². The molecule has 6 amide bonds. The van der Waals surface area contributed by atoms with Crippen LogP contribution in [0.15, 0.2) is 163 Å². The molecule has 0 aliphatic carbocycles. The van der Waals surface area contributed by atoms with E-state index in [1.165, 1.54) is 99.1 Å². The van der Waals surface area contributed by atoms with Crippen molar-refractivity contribution in [3.63, 3.8) is 0 Å². The number of nitrogens with one attached hydrogen (secondary N) is 6. The van der Waals surface area contributed by atoms with E-state index < -0.39 is 153 Å². The van der Waals surface area contributed by atoms with Gasteiger partial charge in [-0.3, -0.25) is 46.5 Å². The fraction of sp³-hybridized carbons (Fsp3) is 0.0755. The third-order valence-corrected chi connectivity index (χ3v) is 18.1. The number of urea groups is 1. The largest absolute Gasteiger partial charge is 1.00 e. The van der Waals surface area contributed by atoms with E-state index in [0.717, 1.165) is 12.1 Å². The zero-order valence-electron chi connectivity index (χ0n) is 51.5. The van der Waals surface area contributed by atoms with E-state index in [1.54, 1.807) is 0 Å². The summed E-state index contributed by atoms with van der Waals surface area (Å²) >= 11 is 0. The Morgan fingerprint density at radius 1 is 0.333 bits per heavy atom. The Morgan fingerprint density at radius 2 is 0.635 bits per heavy atom. The molecule has 0 aliphatic rings. The Morgan fingerprint density at radius 3 is 0.927 bits per heavy atom. The minimum atomic E-state index is -5.47. The van der Waals surface area contributed by atoms with Crippen LogP contribution >= 0.6 is 0 Å². The van der Waals surface area contributed by atoms with Gasteiger partial charge in [0.25, 0.3) is 84.3 Å². The number of benzene rings is 8. The van der Waals surface area contributed by atoms with E-state index in [-0.39, 0.29) is 248 Å². The molecule has 0 unspecified atom stereocenters. The maximum absolute atomic E-state index is 13.8. The van der Waals surface area contributed by atoms with Crippen LogP contribution in [0.5, 0.6) is 0 Å². The molecule has 0 atom stereocenters. The summed E-state index contributed by atoms with van der Waals surface area (Å²) in [6.45, 7) is -0.275. The summed E-state index contributed by atoms with van der Waals surface area (Å²) in [6.07, 6.45) is 0. The van der Waals surface area contributed by atoms with Crippen molar-refractivity contribution in [2.24, 2.45) is 0 Å². The summed E-state index contributed by atoms with van der Waals surface area (Å²) in [5.41, 5.74) is -0.999. The third-order valence-electron chi connectivity index (χ3n) is 12.8. The maximum Gasteiger partial charge on any atom is 1.00 e. The number of hydrogen-bond donors (Lipinski definition) is 12. The number of hydrogen-bond acceptors (Lipinski definition) is 19. The molecule has 8 rings (SSSR count).